The second-order valence-corrected chi connectivity index (χ2v) is 7.13. The van der Waals surface area contributed by atoms with Crippen LogP contribution in [0.2, 0.25) is 0 Å². The zero-order chi connectivity index (χ0) is 17.6. The highest BCUT2D eigenvalue weighted by atomic mass is 32.2. The molecular formula is C18H12O6S. The van der Waals surface area contributed by atoms with Gasteiger partial charge in [0, 0.05) is 11.5 Å². The van der Waals surface area contributed by atoms with E-state index < -0.39 is 15.7 Å². The van der Waals surface area contributed by atoms with Gasteiger partial charge in [-0.3, -0.25) is 0 Å². The fourth-order valence-corrected chi connectivity index (χ4v) is 3.47. The van der Waals surface area contributed by atoms with Gasteiger partial charge in [-0.1, -0.05) is 17.7 Å². The lowest BCUT2D eigenvalue weighted by molar-refractivity contribution is 0.482. The van der Waals surface area contributed by atoms with Gasteiger partial charge < -0.3 is 13.0 Å². The first-order valence-corrected chi connectivity index (χ1v) is 8.79. The minimum absolute atomic E-state index is 0.00359. The second-order valence-electron chi connectivity index (χ2n) is 5.59. The van der Waals surface area contributed by atoms with Gasteiger partial charge in [0.2, 0.25) is 0 Å². The molecule has 0 aliphatic rings. The Morgan fingerprint density at radius 3 is 2.48 bits per heavy atom. The van der Waals surface area contributed by atoms with Gasteiger partial charge in [0.1, 0.15) is 16.1 Å². The molecule has 0 N–H and O–H groups in total. The summed E-state index contributed by atoms with van der Waals surface area (Å²) in [6.45, 7) is 1.85. The predicted octanol–water partition coefficient (Wildman–Crippen LogP) is 3.62. The molecule has 0 amide bonds. The summed E-state index contributed by atoms with van der Waals surface area (Å²) in [7, 11) is -4.08. The molecule has 4 aromatic rings. The fraction of sp³-hybridized carbons (Fsp3) is 0.0556. The Balaban J connectivity index is 1.88. The van der Waals surface area contributed by atoms with E-state index in [-0.39, 0.29) is 16.2 Å². The van der Waals surface area contributed by atoms with Crippen molar-refractivity contribution in [2.24, 2.45) is 0 Å². The van der Waals surface area contributed by atoms with Crippen LogP contribution in [-0.4, -0.2) is 8.42 Å². The van der Waals surface area contributed by atoms with Crippen LogP contribution in [0.25, 0.3) is 21.9 Å². The molecule has 25 heavy (non-hydrogen) atoms. The summed E-state index contributed by atoms with van der Waals surface area (Å²) in [5.41, 5.74) is 0.915. The molecular weight excluding hydrogens is 344 g/mol. The van der Waals surface area contributed by atoms with E-state index in [1.807, 2.05) is 6.92 Å². The van der Waals surface area contributed by atoms with Crippen molar-refractivity contribution in [2.75, 3.05) is 0 Å². The van der Waals surface area contributed by atoms with Gasteiger partial charge in [-0.05, 0) is 31.2 Å². The Morgan fingerprint density at radius 2 is 1.72 bits per heavy atom. The first-order valence-electron chi connectivity index (χ1n) is 7.39. The highest BCUT2D eigenvalue weighted by Crippen LogP contribution is 2.31. The van der Waals surface area contributed by atoms with Crippen LogP contribution in [0.3, 0.4) is 0 Å². The summed E-state index contributed by atoms with van der Waals surface area (Å²) in [6, 6.07) is 12.1. The van der Waals surface area contributed by atoms with E-state index in [4.69, 9.17) is 13.0 Å². The Kier molecular flexibility index (Phi) is 3.40. The highest BCUT2D eigenvalue weighted by molar-refractivity contribution is 7.87. The Morgan fingerprint density at radius 1 is 0.960 bits per heavy atom. The van der Waals surface area contributed by atoms with Gasteiger partial charge in [0.25, 0.3) is 0 Å². The predicted molar refractivity (Wildman–Crippen MR) is 91.2 cm³/mol. The molecule has 6 nitrogen and oxygen atoms in total. The molecule has 2 aromatic heterocycles. The Bertz CT molecular complexity index is 1250. The van der Waals surface area contributed by atoms with Gasteiger partial charge in [-0.25, -0.2) is 4.79 Å². The summed E-state index contributed by atoms with van der Waals surface area (Å²) < 4.78 is 40.6. The van der Waals surface area contributed by atoms with Crippen LogP contribution < -0.4 is 9.81 Å². The van der Waals surface area contributed by atoms with Crippen LogP contribution >= 0.6 is 0 Å². The number of furan rings is 1. The maximum Gasteiger partial charge on any atom is 0.340 e. The largest absolute Gasteiger partial charge is 0.464 e. The average molecular weight is 356 g/mol. The van der Waals surface area contributed by atoms with Crippen molar-refractivity contribution in [3.8, 4) is 5.75 Å². The third-order valence-electron chi connectivity index (χ3n) is 3.79. The van der Waals surface area contributed by atoms with E-state index in [0.717, 1.165) is 17.0 Å². The molecule has 0 saturated carbocycles. The molecule has 0 aliphatic heterocycles. The molecule has 0 spiro atoms. The lowest BCUT2D eigenvalue weighted by atomic mass is 10.1. The quantitative estimate of drug-likeness (QED) is 0.412. The maximum absolute atomic E-state index is 12.5. The Hall–Kier alpha value is -3.06. The molecule has 0 atom stereocenters. The van der Waals surface area contributed by atoms with Crippen molar-refractivity contribution in [3.63, 3.8) is 0 Å². The summed E-state index contributed by atoms with van der Waals surface area (Å²) in [6.07, 6.45) is 1.49. The number of benzene rings is 2. The molecule has 0 fully saturated rings. The topological polar surface area (TPSA) is 86.7 Å². The molecule has 0 unspecified atom stereocenters. The minimum atomic E-state index is -4.08. The van der Waals surface area contributed by atoms with Crippen molar-refractivity contribution >= 4 is 32.1 Å². The smallest absolute Gasteiger partial charge is 0.340 e. The number of hydrogen-bond donors (Lipinski definition) is 0. The van der Waals surface area contributed by atoms with Crippen molar-refractivity contribution < 1.29 is 21.4 Å². The summed E-state index contributed by atoms with van der Waals surface area (Å²) in [5, 5.41) is 1.10. The lowest BCUT2D eigenvalue weighted by Crippen LogP contribution is -2.11. The first-order chi connectivity index (χ1) is 11.9. The monoisotopic (exact) mass is 356 g/mol. The summed E-state index contributed by atoms with van der Waals surface area (Å²) in [5.74, 6) is -0.0880. The summed E-state index contributed by atoms with van der Waals surface area (Å²) >= 11 is 0. The minimum Gasteiger partial charge on any atom is -0.464 e. The van der Waals surface area contributed by atoms with Crippen molar-refractivity contribution in [1.29, 1.82) is 0 Å². The second kappa shape index (κ2) is 5.49. The normalized spacial score (nSPS) is 11.9. The van der Waals surface area contributed by atoms with E-state index in [9.17, 15) is 13.2 Å². The SMILES string of the molecule is Cc1ccc(S(=O)(=O)Oc2cc(=O)oc3cc4occc4cc23)cc1. The van der Waals surface area contributed by atoms with Crippen LogP contribution in [0.4, 0.5) is 0 Å². The molecule has 4 rings (SSSR count). The molecule has 0 saturated heterocycles. The highest BCUT2D eigenvalue weighted by Gasteiger charge is 2.20. The number of hydrogen-bond acceptors (Lipinski definition) is 6. The first kappa shape index (κ1) is 15.5. The van der Waals surface area contributed by atoms with E-state index in [1.54, 1.807) is 24.3 Å². The third-order valence-corrected chi connectivity index (χ3v) is 5.04. The zero-order valence-electron chi connectivity index (χ0n) is 13.1. The van der Waals surface area contributed by atoms with Crippen LogP contribution in [0.1, 0.15) is 5.56 Å². The van der Waals surface area contributed by atoms with E-state index >= 15 is 0 Å². The van der Waals surface area contributed by atoms with Crippen molar-refractivity contribution in [3.05, 3.63) is 70.8 Å². The molecule has 126 valence electrons. The van der Waals surface area contributed by atoms with Crippen LogP contribution in [0.15, 0.2) is 73.3 Å². The van der Waals surface area contributed by atoms with Gasteiger partial charge in [-0.2, -0.15) is 8.42 Å². The number of fused-ring (bicyclic) bond motifs is 2. The standard InChI is InChI=1S/C18H12O6S/c1-11-2-4-13(5-3-11)25(20,21)24-17-10-18(19)23-16-9-15-12(6-7-22-15)8-14(16)17/h2-10H,1H3. The molecule has 2 aromatic carbocycles. The maximum atomic E-state index is 12.5. The van der Waals surface area contributed by atoms with E-state index in [1.165, 1.54) is 24.5 Å². The van der Waals surface area contributed by atoms with E-state index in [0.29, 0.717) is 11.0 Å². The molecule has 0 bridgehead atoms. The number of aryl methyl sites for hydroxylation is 1. The van der Waals surface area contributed by atoms with Gasteiger partial charge in [0.15, 0.2) is 5.75 Å². The number of rotatable bonds is 3. The molecule has 7 heteroatoms. The fourth-order valence-electron chi connectivity index (χ4n) is 2.53. The van der Waals surface area contributed by atoms with Gasteiger partial charge in [0.05, 0.1) is 17.7 Å². The average Bonchev–Trinajstić information content (AvgIpc) is 3.00. The molecule has 0 aliphatic carbocycles. The van der Waals surface area contributed by atoms with Crippen LogP contribution in [-0.2, 0) is 10.1 Å². The lowest BCUT2D eigenvalue weighted by Gasteiger charge is -2.09. The van der Waals surface area contributed by atoms with Crippen LogP contribution in [0.5, 0.6) is 5.75 Å². The molecule has 0 radical (unpaired) electrons. The summed E-state index contributed by atoms with van der Waals surface area (Å²) in [4.78, 5) is 11.8. The van der Waals surface area contributed by atoms with E-state index in [2.05, 4.69) is 0 Å². The molecule has 2 heterocycles. The Labute approximate surface area is 142 Å². The third kappa shape index (κ3) is 2.78. The zero-order valence-corrected chi connectivity index (χ0v) is 13.9. The van der Waals surface area contributed by atoms with Crippen LogP contribution in [0, 0.1) is 6.92 Å². The van der Waals surface area contributed by atoms with Crippen molar-refractivity contribution in [1.82, 2.24) is 0 Å². The van der Waals surface area contributed by atoms with Crippen molar-refractivity contribution in [2.45, 2.75) is 11.8 Å². The van der Waals surface area contributed by atoms with Gasteiger partial charge >= 0.3 is 15.7 Å². The van der Waals surface area contributed by atoms with Gasteiger partial charge in [-0.15, -0.1) is 0 Å².